The molecule has 0 bridgehead atoms. The average Bonchev–Trinajstić information content (AvgIpc) is 2.84. The van der Waals surface area contributed by atoms with Gasteiger partial charge in [0.05, 0.1) is 19.1 Å². The number of sulfonamides is 1. The Morgan fingerprint density at radius 3 is 2.40 bits per heavy atom. The summed E-state index contributed by atoms with van der Waals surface area (Å²) in [5.74, 6) is 0.971. The monoisotopic (exact) mass is 368 g/mol. The van der Waals surface area contributed by atoms with Gasteiger partial charge >= 0.3 is 0 Å². The lowest BCUT2D eigenvalue weighted by molar-refractivity contribution is 0.175. The summed E-state index contributed by atoms with van der Waals surface area (Å²) >= 11 is 0. The standard InChI is InChI=1S/C18H28N2O4S/c1-23-16-5-4-15(14-17(16)24-2)25(21,22)20-12-3-6-18(9-13-20)7-10-19-11-8-18/h4-5,14,19H,3,6-13H2,1-2H3. The van der Waals surface area contributed by atoms with Crippen LogP contribution in [0.2, 0.25) is 0 Å². The molecule has 0 aliphatic carbocycles. The summed E-state index contributed by atoms with van der Waals surface area (Å²) in [5, 5.41) is 3.41. The first-order valence-corrected chi connectivity index (χ1v) is 10.4. The van der Waals surface area contributed by atoms with Crippen molar-refractivity contribution in [2.45, 2.75) is 37.0 Å². The highest BCUT2D eigenvalue weighted by atomic mass is 32.2. The third-order valence-corrected chi connectivity index (χ3v) is 7.56. The number of methoxy groups -OCH3 is 2. The van der Waals surface area contributed by atoms with Crippen molar-refractivity contribution in [2.24, 2.45) is 5.41 Å². The lowest BCUT2D eigenvalue weighted by atomic mass is 9.73. The van der Waals surface area contributed by atoms with Gasteiger partial charge in [0.2, 0.25) is 10.0 Å². The Morgan fingerprint density at radius 1 is 1.00 bits per heavy atom. The number of nitrogens with one attached hydrogen (secondary N) is 1. The molecular formula is C18H28N2O4S. The lowest BCUT2D eigenvalue weighted by Crippen LogP contribution is -2.38. The predicted molar refractivity (Wildman–Crippen MR) is 96.7 cm³/mol. The summed E-state index contributed by atoms with van der Waals surface area (Å²) < 4.78 is 38.3. The summed E-state index contributed by atoms with van der Waals surface area (Å²) in [6, 6.07) is 4.80. The van der Waals surface area contributed by atoms with Gasteiger partial charge in [0.15, 0.2) is 11.5 Å². The van der Waals surface area contributed by atoms with E-state index in [0.29, 0.717) is 30.0 Å². The number of hydrogen-bond acceptors (Lipinski definition) is 5. The van der Waals surface area contributed by atoms with Gasteiger partial charge in [-0.25, -0.2) is 8.42 Å². The van der Waals surface area contributed by atoms with Gasteiger partial charge < -0.3 is 14.8 Å². The Bertz CT molecular complexity index is 699. The van der Waals surface area contributed by atoms with Gasteiger partial charge in [-0.05, 0) is 62.7 Å². The molecular weight excluding hydrogens is 340 g/mol. The number of rotatable bonds is 4. The minimum atomic E-state index is -3.52. The highest BCUT2D eigenvalue weighted by molar-refractivity contribution is 7.89. The number of piperidine rings is 1. The Morgan fingerprint density at radius 2 is 1.72 bits per heavy atom. The summed E-state index contributed by atoms with van der Waals surface area (Å²) in [5.41, 5.74) is 0.313. The van der Waals surface area contributed by atoms with Crippen LogP contribution in [0.3, 0.4) is 0 Å². The number of ether oxygens (including phenoxy) is 2. The van der Waals surface area contributed by atoms with Crippen LogP contribution in [-0.4, -0.2) is 53.1 Å². The molecule has 1 spiro atoms. The molecule has 0 radical (unpaired) electrons. The lowest BCUT2D eigenvalue weighted by Gasteiger charge is -2.37. The first-order chi connectivity index (χ1) is 12.0. The minimum Gasteiger partial charge on any atom is -0.493 e. The third-order valence-electron chi connectivity index (χ3n) is 5.66. The van der Waals surface area contributed by atoms with E-state index in [1.54, 1.807) is 29.6 Å². The summed E-state index contributed by atoms with van der Waals surface area (Å²) in [6.45, 7) is 3.27. The molecule has 1 aromatic rings. The van der Waals surface area contributed by atoms with Gasteiger partial charge in [-0.3, -0.25) is 0 Å². The molecule has 2 saturated heterocycles. The molecule has 3 rings (SSSR count). The molecule has 0 saturated carbocycles. The van der Waals surface area contributed by atoms with E-state index in [2.05, 4.69) is 5.32 Å². The van der Waals surface area contributed by atoms with Crippen molar-refractivity contribution in [1.29, 1.82) is 0 Å². The van der Waals surface area contributed by atoms with Crippen LogP contribution in [0.5, 0.6) is 11.5 Å². The third kappa shape index (κ3) is 3.78. The van der Waals surface area contributed by atoms with Crippen molar-refractivity contribution in [2.75, 3.05) is 40.4 Å². The fraction of sp³-hybridized carbons (Fsp3) is 0.667. The van der Waals surface area contributed by atoms with E-state index in [-0.39, 0.29) is 4.90 Å². The van der Waals surface area contributed by atoms with Crippen LogP contribution in [0, 0.1) is 5.41 Å². The van der Waals surface area contributed by atoms with Crippen LogP contribution in [0.15, 0.2) is 23.1 Å². The zero-order chi connectivity index (χ0) is 17.9. The SMILES string of the molecule is COc1ccc(S(=O)(=O)N2CCCC3(CCNCC3)CC2)cc1OC. The molecule has 2 heterocycles. The molecule has 2 aliphatic rings. The molecule has 2 aliphatic heterocycles. The van der Waals surface area contributed by atoms with Gasteiger partial charge in [0.25, 0.3) is 0 Å². The van der Waals surface area contributed by atoms with Gasteiger partial charge in [-0.1, -0.05) is 0 Å². The molecule has 2 fully saturated rings. The molecule has 140 valence electrons. The zero-order valence-corrected chi connectivity index (χ0v) is 15.9. The summed E-state index contributed by atoms with van der Waals surface area (Å²) in [6.07, 6.45) is 5.29. The molecule has 0 atom stereocenters. The van der Waals surface area contributed by atoms with Crippen molar-refractivity contribution >= 4 is 10.0 Å². The minimum absolute atomic E-state index is 0.270. The van der Waals surface area contributed by atoms with Gasteiger partial charge in [0, 0.05) is 19.2 Å². The molecule has 6 nitrogen and oxygen atoms in total. The first kappa shape index (κ1) is 18.5. The van der Waals surface area contributed by atoms with E-state index < -0.39 is 10.0 Å². The van der Waals surface area contributed by atoms with E-state index in [9.17, 15) is 8.42 Å². The van der Waals surface area contributed by atoms with Crippen LogP contribution >= 0.6 is 0 Å². The molecule has 0 aromatic heterocycles. The van der Waals surface area contributed by atoms with Crippen molar-refractivity contribution < 1.29 is 17.9 Å². The smallest absolute Gasteiger partial charge is 0.243 e. The van der Waals surface area contributed by atoms with E-state index in [1.165, 1.54) is 7.11 Å². The number of hydrogen-bond donors (Lipinski definition) is 1. The second-order valence-electron chi connectivity index (χ2n) is 7.02. The van der Waals surface area contributed by atoms with E-state index in [0.717, 1.165) is 45.2 Å². The fourth-order valence-electron chi connectivity index (χ4n) is 4.05. The van der Waals surface area contributed by atoms with Gasteiger partial charge in [0.1, 0.15) is 0 Å². The van der Waals surface area contributed by atoms with Gasteiger partial charge in [-0.2, -0.15) is 4.31 Å². The summed E-state index contributed by atoms with van der Waals surface area (Å²) in [4.78, 5) is 0.270. The average molecular weight is 368 g/mol. The Kier molecular flexibility index (Phi) is 5.55. The largest absolute Gasteiger partial charge is 0.493 e. The van der Waals surface area contributed by atoms with Crippen LogP contribution in [-0.2, 0) is 10.0 Å². The zero-order valence-electron chi connectivity index (χ0n) is 15.1. The van der Waals surface area contributed by atoms with Crippen molar-refractivity contribution in [3.8, 4) is 11.5 Å². The summed E-state index contributed by atoms with van der Waals surface area (Å²) in [7, 11) is -0.460. The van der Waals surface area contributed by atoms with E-state index >= 15 is 0 Å². The number of nitrogens with zero attached hydrogens (tertiary/aromatic N) is 1. The molecule has 1 N–H and O–H groups in total. The normalized spacial score (nSPS) is 21.7. The Hall–Kier alpha value is -1.31. The molecule has 7 heteroatoms. The van der Waals surface area contributed by atoms with Crippen LogP contribution in [0.1, 0.15) is 32.1 Å². The predicted octanol–water partition coefficient (Wildman–Crippen LogP) is 2.25. The highest BCUT2D eigenvalue weighted by Gasteiger charge is 2.36. The second kappa shape index (κ2) is 7.51. The topological polar surface area (TPSA) is 67.9 Å². The van der Waals surface area contributed by atoms with Crippen LogP contribution in [0.4, 0.5) is 0 Å². The van der Waals surface area contributed by atoms with E-state index in [1.807, 2.05) is 0 Å². The Balaban J connectivity index is 1.80. The van der Waals surface area contributed by atoms with Crippen molar-refractivity contribution in [3.05, 3.63) is 18.2 Å². The Labute approximate surface area is 150 Å². The van der Waals surface area contributed by atoms with E-state index in [4.69, 9.17) is 9.47 Å². The maximum Gasteiger partial charge on any atom is 0.243 e. The molecule has 25 heavy (non-hydrogen) atoms. The maximum atomic E-state index is 13.1. The first-order valence-electron chi connectivity index (χ1n) is 8.94. The van der Waals surface area contributed by atoms with Crippen molar-refractivity contribution in [3.63, 3.8) is 0 Å². The molecule has 0 amide bonds. The highest BCUT2D eigenvalue weighted by Crippen LogP contribution is 2.40. The number of benzene rings is 1. The second-order valence-corrected chi connectivity index (χ2v) is 8.96. The quantitative estimate of drug-likeness (QED) is 0.883. The van der Waals surface area contributed by atoms with Crippen LogP contribution < -0.4 is 14.8 Å². The molecule has 1 aromatic carbocycles. The van der Waals surface area contributed by atoms with Gasteiger partial charge in [-0.15, -0.1) is 0 Å². The fourth-order valence-corrected chi connectivity index (χ4v) is 5.55. The maximum absolute atomic E-state index is 13.1. The van der Waals surface area contributed by atoms with Crippen LogP contribution in [0.25, 0.3) is 0 Å². The van der Waals surface area contributed by atoms with Crippen molar-refractivity contribution in [1.82, 2.24) is 9.62 Å². The molecule has 0 unspecified atom stereocenters.